The lowest BCUT2D eigenvalue weighted by atomic mass is 9.75. The van der Waals surface area contributed by atoms with Crippen LogP contribution in [0.3, 0.4) is 0 Å². The van der Waals surface area contributed by atoms with Gasteiger partial charge in [0.05, 0.1) is 4.92 Å². The second kappa shape index (κ2) is 8.93. The number of hydrogen-bond acceptors (Lipinski definition) is 4. The van der Waals surface area contributed by atoms with Gasteiger partial charge in [-0.2, -0.15) is 0 Å². The third kappa shape index (κ3) is 3.79. The van der Waals surface area contributed by atoms with E-state index in [2.05, 4.69) is 59.9 Å². The molecule has 1 aliphatic heterocycles. The number of non-ortho nitro benzene ring substituents is 1. The van der Waals surface area contributed by atoms with Gasteiger partial charge in [-0.1, -0.05) is 60.7 Å². The van der Waals surface area contributed by atoms with E-state index in [9.17, 15) is 14.9 Å². The molecule has 0 saturated carbocycles. The normalized spacial score (nSPS) is 19.3. The van der Waals surface area contributed by atoms with Gasteiger partial charge in [0.1, 0.15) is 0 Å². The van der Waals surface area contributed by atoms with Crippen molar-refractivity contribution in [1.82, 2.24) is 5.32 Å². The summed E-state index contributed by atoms with van der Waals surface area (Å²) in [6, 6.07) is 18.8. The van der Waals surface area contributed by atoms with Crippen molar-refractivity contribution >= 4 is 23.6 Å². The summed E-state index contributed by atoms with van der Waals surface area (Å²) < 4.78 is 0. The molecule has 0 saturated heterocycles. The molecule has 2 aliphatic carbocycles. The Morgan fingerprint density at radius 3 is 2.58 bits per heavy atom. The van der Waals surface area contributed by atoms with Gasteiger partial charge in [-0.25, -0.2) is 0 Å². The fraction of sp³-hybridized carbons (Fsp3) is 0.129. The number of nitrogens with one attached hydrogen (secondary N) is 1. The van der Waals surface area contributed by atoms with Crippen LogP contribution < -0.4 is 15.8 Å². The summed E-state index contributed by atoms with van der Waals surface area (Å²) in [5.41, 5.74) is 6.47. The minimum atomic E-state index is -0.446. The number of carbonyl (C=O) groups excluding carboxylic acids is 1. The van der Waals surface area contributed by atoms with Crippen molar-refractivity contribution in [2.45, 2.75) is 18.8 Å². The first kappa shape index (κ1) is 22.0. The van der Waals surface area contributed by atoms with Gasteiger partial charge in [0.2, 0.25) is 0 Å². The van der Waals surface area contributed by atoms with Gasteiger partial charge in [0.15, 0.2) is 5.78 Å². The zero-order chi connectivity index (χ0) is 24.6. The molecule has 1 heterocycles. The topological polar surface area (TPSA) is 72.2 Å². The molecule has 3 aliphatic rings. The molecule has 176 valence electrons. The monoisotopic (exact) mass is 472 g/mol. The number of allylic oxidation sites excluding steroid dienone is 5. The highest BCUT2D eigenvalue weighted by molar-refractivity contribution is 6.01. The van der Waals surface area contributed by atoms with E-state index in [-0.39, 0.29) is 23.3 Å². The number of nitro benzene ring substituents is 1. The van der Waals surface area contributed by atoms with E-state index in [1.54, 1.807) is 12.1 Å². The zero-order valence-corrected chi connectivity index (χ0v) is 19.6. The maximum absolute atomic E-state index is 13.7. The van der Waals surface area contributed by atoms with Crippen LogP contribution in [0.15, 0.2) is 96.9 Å². The number of Topliss-reactive ketones (excluding diaryl/α,β-unsaturated/α-hetero) is 1. The molecule has 3 aromatic carbocycles. The van der Waals surface area contributed by atoms with Gasteiger partial charge in [-0.05, 0) is 69.8 Å². The predicted octanol–water partition coefficient (Wildman–Crippen LogP) is 4.92. The van der Waals surface area contributed by atoms with Gasteiger partial charge < -0.3 is 5.32 Å². The molecule has 5 nitrogen and oxygen atoms in total. The fourth-order valence-electron chi connectivity index (χ4n) is 5.55. The number of carbonyl (C=O) groups is 1. The molecular weight excluding hydrogens is 448 g/mol. The van der Waals surface area contributed by atoms with E-state index in [1.165, 1.54) is 39.6 Å². The molecular formula is C31H24N2O3. The average molecular weight is 473 g/mol. The summed E-state index contributed by atoms with van der Waals surface area (Å²) in [5.74, 6) is -0.352. The third-order valence-corrected chi connectivity index (χ3v) is 7.31. The lowest BCUT2D eigenvalue weighted by Gasteiger charge is -2.30. The number of fused-ring (bicyclic) bond motifs is 5. The molecule has 2 atom stereocenters. The van der Waals surface area contributed by atoms with Crippen LogP contribution in [0.1, 0.15) is 33.8 Å². The van der Waals surface area contributed by atoms with Crippen molar-refractivity contribution in [1.29, 1.82) is 0 Å². The van der Waals surface area contributed by atoms with Gasteiger partial charge >= 0.3 is 0 Å². The van der Waals surface area contributed by atoms with Crippen LogP contribution in [0.25, 0.3) is 23.3 Å². The van der Waals surface area contributed by atoms with E-state index in [0.717, 1.165) is 17.3 Å². The van der Waals surface area contributed by atoms with Gasteiger partial charge in [0, 0.05) is 41.4 Å². The highest BCUT2D eigenvalue weighted by atomic mass is 16.6. The van der Waals surface area contributed by atoms with Crippen LogP contribution in [-0.4, -0.2) is 10.7 Å². The Morgan fingerprint density at radius 2 is 1.75 bits per heavy atom. The Morgan fingerprint density at radius 1 is 0.917 bits per heavy atom. The standard InChI is InChI=1S/C31H24N2O3/c34-31(21-9-12-23(13-10-21)33(35)36)22-18-28-26-14-11-20-6-3-4-7-24(20)25(26)15-16-27(28)29(19-22)30-8-2-1-5-17-32-30/h1-10,12-18,22,29,32H,11,19H2. The number of hydrogen-bond donors (Lipinski definition) is 1. The first-order chi connectivity index (χ1) is 17.6. The number of benzene rings is 3. The first-order valence-electron chi connectivity index (χ1n) is 12.1. The summed E-state index contributed by atoms with van der Waals surface area (Å²) in [6.45, 7) is 0. The van der Waals surface area contributed by atoms with Crippen molar-refractivity contribution in [2.75, 3.05) is 0 Å². The van der Waals surface area contributed by atoms with Crippen molar-refractivity contribution < 1.29 is 9.72 Å². The van der Waals surface area contributed by atoms with Gasteiger partial charge in [0.25, 0.3) is 5.69 Å². The lowest BCUT2D eigenvalue weighted by molar-refractivity contribution is -0.384. The lowest BCUT2D eigenvalue weighted by Crippen LogP contribution is -2.39. The third-order valence-electron chi connectivity index (χ3n) is 7.31. The molecule has 0 bridgehead atoms. The van der Waals surface area contributed by atoms with Crippen LogP contribution in [0.5, 0.6) is 0 Å². The Labute approximate surface area is 208 Å². The number of ketones is 1. The maximum atomic E-state index is 13.7. The van der Waals surface area contributed by atoms with Crippen LogP contribution in [-0.2, 0) is 6.42 Å². The summed E-state index contributed by atoms with van der Waals surface area (Å²) in [6.07, 6.45) is 15.8. The summed E-state index contributed by atoms with van der Waals surface area (Å²) in [4.78, 5) is 24.3. The predicted molar refractivity (Wildman–Crippen MR) is 142 cm³/mol. The van der Waals surface area contributed by atoms with Crippen LogP contribution in [0.2, 0.25) is 0 Å². The average Bonchev–Trinajstić information content (AvgIpc) is 3.21. The summed E-state index contributed by atoms with van der Waals surface area (Å²) in [5, 5.41) is 16.8. The van der Waals surface area contributed by atoms with Crippen molar-refractivity contribution in [3.8, 4) is 11.1 Å². The Balaban J connectivity index is 1.50. The molecule has 36 heavy (non-hydrogen) atoms. The Kier molecular flexibility index (Phi) is 5.45. The second-order valence-electron chi connectivity index (χ2n) is 9.34. The van der Waals surface area contributed by atoms with E-state index >= 15 is 0 Å². The molecule has 3 aromatic rings. The van der Waals surface area contributed by atoms with Crippen LogP contribution in [0.4, 0.5) is 5.69 Å². The van der Waals surface area contributed by atoms with E-state index in [4.69, 9.17) is 0 Å². The van der Waals surface area contributed by atoms with Crippen LogP contribution >= 0.6 is 0 Å². The van der Waals surface area contributed by atoms with Gasteiger partial charge in [-0.15, -0.1) is 0 Å². The highest BCUT2D eigenvalue weighted by Crippen LogP contribution is 2.35. The van der Waals surface area contributed by atoms with Gasteiger partial charge in [-0.3, -0.25) is 14.9 Å². The molecule has 0 spiro atoms. The van der Waals surface area contributed by atoms with Crippen LogP contribution in [0, 0.1) is 16.0 Å². The Bertz CT molecular complexity index is 1610. The molecule has 2 unspecified atom stereocenters. The number of nitro groups is 1. The minimum Gasteiger partial charge on any atom is -0.364 e. The molecule has 5 heteroatoms. The smallest absolute Gasteiger partial charge is 0.269 e. The highest BCUT2D eigenvalue weighted by Gasteiger charge is 2.31. The van der Waals surface area contributed by atoms with Crippen molar-refractivity contribution in [3.05, 3.63) is 134 Å². The van der Waals surface area contributed by atoms with E-state index < -0.39 is 4.92 Å². The molecule has 0 fully saturated rings. The van der Waals surface area contributed by atoms with Crippen molar-refractivity contribution in [2.24, 2.45) is 5.92 Å². The maximum Gasteiger partial charge on any atom is 0.269 e. The molecule has 0 radical (unpaired) electrons. The zero-order valence-electron chi connectivity index (χ0n) is 19.6. The fourth-order valence-corrected chi connectivity index (χ4v) is 5.55. The number of rotatable bonds is 4. The SMILES string of the molecule is O=C(c1ccc([N+](=O)[O-])cc1)C1C=c2c(ccc3c2=CCc2ccccc2-3)C(C2=CC=CC=CN2)C1. The number of nitrogens with zero attached hydrogens (tertiary/aromatic N) is 1. The first-order valence-corrected chi connectivity index (χ1v) is 12.1. The molecule has 0 aromatic heterocycles. The quantitative estimate of drug-likeness (QED) is 0.332. The summed E-state index contributed by atoms with van der Waals surface area (Å²) in [7, 11) is 0. The van der Waals surface area contributed by atoms with Crippen molar-refractivity contribution in [3.63, 3.8) is 0 Å². The molecule has 6 rings (SSSR count). The van der Waals surface area contributed by atoms with E-state index in [0.29, 0.717) is 12.0 Å². The van der Waals surface area contributed by atoms with E-state index in [1.807, 2.05) is 24.4 Å². The molecule has 0 amide bonds. The summed E-state index contributed by atoms with van der Waals surface area (Å²) >= 11 is 0. The Hall–Kier alpha value is -4.51. The molecule has 1 N–H and O–H groups in total. The minimum absolute atomic E-state index is 0.0141. The largest absolute Gasteiger partial charge is 0.364 e. The second-order valence-corrected chi connectivity index (χ2v) is 9.34.